The Hall–Kier alpha value is -1.35. The fraction of sp³-hybridized carbons (Fsp3) is 0.667. The molecule has 0 unspecified atom stereocenters. The molecule has 5 rings (SSSR count). The summed E-state index contributed by atoms with van der Waals surface area (Å²) < 4.78 is 1.35. The molecule has 4 saturated carbocycles. The molecule has 1 aromatic rings. The van der Waals surface area contributed by atoms with Crippen LogP contribution in [0, 0.1) is 28.4 Å². The summed E-state index contributed by atoms with van der Waals surface area (Å²) in [6, 6.07) is 10.5. The molecule has 0 amide bonds. The molecule has 0 aliphatic heterocycles. The van der Waals surface area contributed by atoms with Gasteiger partial charge in [-0.2, -0.15) is 0 Å². The average Bonchev–Trinajstić information content (AvgIpc) is 2.52. The maximum absolute atomic E-state index is 13.2. The van der Waals surface area contributed by atoms with Crippen LogP contribution in [0.1, 0.15) is 44.1 Å². The lowest BCUT2D eigenvalue weighted by atomic mass is 9.48. The summed E-state index contributed by atoms with van der Waals surface area (Å²) in [4.78, 5) is 2.10. The number of hydrogen-bond donors (Lipinski definition) is 0. The van der Waals surface area contributed by atoms with E-state index in [-0.39, 0.29) is 5.41 Å². The van der Waals surface area contributed by atoms with E-state index in [9.17, 15) is 5.21 Å². The molecular formula is C21H30N2O. The standard InChI is InChI=1S/C21H30N2O/c1-22(2)8-9-23(24)20(19-6-4-3-5-7-19)21-13-16-10-17(14-21)12-18(11-16)15-21/h3-7,16-18H,8-15H2,1-2H3/b23-20-. The Balaban J connectivity index is 1.74. The molecule has 0 N–H and O–H groups in total. The molecule has 4 bridgehead atoms. The molecule has 4 aliphatic carbocycles. The quantitative estimate of drug-likeness (QED) is 0.357. The zero-order valence-corrected chi connectivity index (χ0v) is 15.1. The maximum Gasteiger partial charge on any atom is 0.200 e. The second-order valence-corrected chi connectivity index (χ2v) is 8.82. The van der Waals surface area contributed by atoms with Crippen LogP contribution in [0.2, 0.25) is 0 Å². The third kappa shape index (κ3) is 2.88. The summed E-state index contributed by atoms with van der Waals surface area (Å²) in [5, 5.41) is 13.2. The van der Waals surface area contributed by atoms with Crippen molar-refractivity contribution in [3.8, 4) is 0 Å². The number of rotatable bonds is 5. The normalized spacial score (nSPS) is 35.4. The van der Waals surface area contributed by atoms with Gasteiger partial charge in [0.15, 0.2) is 6.54 Å². The molecule has 0 aromatic heterocycles. The van der Waals surface area contributed by atoms with Crippen molar-refractivity contribution in [2.45, 2.75) is 38.5 Å². The van der Waals surface area contributed by atoms with E-state index in [0.29, 0.717) is 6.54 Å². The molecule has 0 atom stereocenters. The smallest absolute Gasteiger partial charge is 0.200 e. The molecule has 3 heteroatoms. The second kappa shape index (κ2) is 6.18. The Bertz CT molecular complexity index is 585. The number of likely N-dealkylation sites (N-methyl/N-ethyl adjacent to an activating group) is 1. The molecule has 4 aliphatic rings. The molecule has 0 radical (unpaired) electrons. The second-order valence-electron chi connectivity index (χ2n) is 8.82. The highest BCUT2D eigenvalue weighted by molar-refractivity contribution is 6.01. The Kier molecular flexibility index (Phi) is 4.16. The molecule has 3 nitrogen and oxygen atoms in total. The van der Waals surface area contributed by atoms with Crippen molar-refractivity contribution in [1.82, 2.24) is 4.90 Å². The Morgan fingerprint density at radius 3 is 2.08 bits per heavy atom. The van der Waals surface area contributed by atoms with Crippen molar-refractivity contribution >= 4 is 5.71 Å². The van der Waals surface area contributed by atoms with E-state index in [1.165, 1.54) is 43.3 Å². The zero-order valence-electron chi connectivity index (χ0n) is 15.1. The number of hydroxylamine groups is 1. The monoisotopic (exact) mass is 326 g/mol. The molecule has 0 heterocycles. The van der Waals surface area contributed by atoms with E-state index in [1.54, 1.807) is 0 Å². The summed E-state index contributed by atoms with van der Waals surface area (Å²) in [6.07, 6.45) is 7.96. The summed E-state index contributed by atoms with van der Waals surface area (Å²) in [5.41, 5.74) is 2.40. The first kappa shape index (κ1) is 16.1. The molecule has 1 aromatic carbocycles. The molecule has 4 fully saturated rings. The lowest BCUT2D eigenvalue weighted by molar-refractivity contribution is -0.462. The fourth-order valence-electron chi connectivity index (χ4n) is 6.11. The van der Waals surface area contributed by atoms with Gasteiger partial charge in [0.05, 0.1) is 12.0 Å². The van der Waals surface area contributed by atoms with Crippen molar-refractivity contribution in [3.63, 3.8) is 0 Å². The van der Waals surface area contributed by atoms with E-state index in [0.717, 1.165) is 35.6 Å². The minimum Gasteiger partial charge on any atom is -0.624 e. The van der Waals surface area contributed by atoms with E-state index < -0.39 is 0 Å². The zero-order chi connectivity index (χ0) is 16.7. The first-order chi connectivity index (χ1) is 11.6. The Morgan fingerprint density at radius 1 is 1.04 bits per heavy atom. The predicted molar refractivity (Wildman–Crippen MR) is 98.2 cm³/mol. The molecule has 0 saturated heterocycles. The van der Waals surface area contributed by atoms with Gasteiger partial charge in [0.1, 0.15) is 0 Å². The predicted octanol–water partition coefficient (Wildman–Crippen LogP) is 3.76. The van der Waals surface area contributed by atoms with Crippen LogP contribution in [-0.2, 0) is 0 Å². The lowest BCUT2D eigenvalue weighted by Crippen LogP contribution is -2.52. The number of hydrogen-bond acceptors (Lipinski definition) is 2. The van der Waals surface area contributed by atoms with Crippen LogP contribution in [0.4, 0.5) is 0 Å². The first-order valence-electron chi connectivity index (χ1n) is 9.58. The van der Waals surface area contributed by atoms with Gasteiger partial charge in [0.2, 0.25) is 5.71 Å². The van der Waals surface area contributed by atoms with Gasteiger partial charge in [0, 0.05) is 5.56 Å². The number of benzene rings is 1. The fourth-order valence-corrected chi connectivity index (χ4v) is 6.11. The van der Waals surface area contributed by atoms with E-state index in [1.807, 2.05) is 14.1 Å². The topological polar surface area (TPSA) is 29.3 Å². The van der Waals surface area contributed by atoms with Crippen LogP contribution in [0.5, 0.6) is 0 Å². The molecule has 24 heavy (non-hydrogen) atoms. The molecule has 0 spiro atoms. The summed E-state index contributed by atoms with van der Waals surface area (Å²) in [6.45, 7) is 1.38. The van der Waals surface area contributed by atoms with Gasteiger partial charge in [-0.3, -0.25) is 0 Å². The van der Waals surface area contributed by atoms with Gasteiger partial charge < -0.3 is 10.1 Å². The highest BCUT2D eigenvalue weighted by Gasteiger charge is 2.56. The van der Waals surface area contributed by atoms with Crippen molar-refractivity contribution in [2.75, 3.05) is 27.2 Å². The highest BCUT2D eigenvalue weighted by atomic mass is 16.5. The van der Waals surface area contributed by atoms with E-state index >= 15 is 0 Å². The third-order valence-corrected chi connectivity index (χ3v) is 6.59. The van der Waals surface area contributed by atoms with Crippen molar-refractivity contribution in [1.29, 1.82) is 0 Å². The van der Waals surface area contributed by atoms with Crippen molar-refractivity contribution < 1.29 is 4.74 Å². The molecule has 130 valence electrons. The SMILES string of the molecule is CN(C)CC/[N+]([O-])=C(\c1ccccc1)C12CC3CC(CC(C3)C1)C2. The van der Waals surface area contributed by atoms with Crippen LogP contribution in [0.3, 0.4) is 0 Å². The lowest BCUT2D eigenvalue weighted by Gasteiger charge is -2.56. The number of nitrogens with zero attached hydrogens (tertiary/aromatic N) is 2. The van der Waals surface area contributed by atoms with Crippen LogP contribution < -0.4 is 0 Å². The van der Waals surface area contributed by atoms with Crippen LogP contribution >= 0.6 is 0 Å². The summed E-state index contributed by atoms with van der Waals surface area (Å²) in [7, 11) is 4.08. The van der Waals surface area contributed by atoms with Crippen molar-refractivity contribution in [3.05, 3.63) is 41.1 Å². The largest absolute Gasteiger partial charge is 0.624 e. The van der Waals surface area contributed by atoms with E-state index in [2.05, 4.69) is 35.2 Å². The molecular weight excluding hydrogens is 296 g/mol. The van der Waals surface area contributed by atoms with Gasteiger partial charge in [-0.15, -0.1) is 0 Å². The minimum atomic E-state index is 0.143. The summed E-state index contributed by atoms with van der Waals surface area (Å²) >= 11 is 0. The van der Waals surface area contributed by atoms with Crippen LogP contribution in [-0.4, -0.2) is 42.5 Å². The van der Waals surface area contributed by atoms with Crippen LogP contribution in [0.25, 0.3) is 0 Å². The van der Waals surface area contributed by atoms with Gasteiger partial charge in [0.25, 0.3) is 0 Å². The van der Waals surface area contributed by atoms with Crippen molar-refractivity contribution in [2.24, 2.45) is 23.2 Å². The Labute approximate surface area is 146 Å². The third-order valence-electron chi connectivity index (χ3n) is 6.59. The maximum atomic E-state index is 13.2. The minimum absolute atomic E-state index is 0.143. The van der Waals surface area contributed by atoms with Gasteiger partial charge in [-0.25, -0.2) is 4.74 Å². The Morgan fingerprint density at radius 2 is 1.58 bits per heavy atom. The van der Waals surface area contributed by atoms with Gasteiger partial charge in [-0.1, -0.05) is 18.2 Å². The highest BCUT2D eigenvalue weighted by Crippen LogP contribution is 2.61. The summed E-state index contributed by atoms with van der Waals surface area (Å²) in [5.74, 6) is 2.58. The van der Waals surface area contributed by atoms with Gasteiger partial charge >= 0.3 is 0 Å². The van der Waals surface area contributed by atoms with E-state index in [4.69, 9.17) is 0 Å². The average molecular weight is 326 g/mol. The van der Waals surface area contributed by atoms with Crippen LogP contribution in [0.15, 0.2) is 30.3 Å². The van der Waals surface area contributed by atoms with Gasteiger partial charge in [-0.05, 0) is 82.5 Å². The first-order valence-corrected chi connectivity index (χ1v) is 9.58.